The molecule has 0 N–H and O–H groups in total. The summed E-state index contributed by atoms with van der Waals surface area (Å²) in [7, 11) is 0. The molecule has 0 spiro atoms. The van der Waals surface area contributed by atoms with E-state index in [0.29, 0.717) is 11.3 Å². The molecule has 4 aliphatic carbocycles. The minimum atomic E-state index is 0.389. The van der Waals surface area contributed by atoms with Crippen LogP contribution in [-0.2, 0) is 4.79 Å². The number of fused-ring (bicyclic) bond motifs is 5. The van der Waals surface area contributed by atoms with Gasteiger partial charge in [0.1, 0.15) is 6.29 Å². The molecule has 0 saturated heterocycles. The number of hydrogen-bond acceptors (Lipinski definition) is 1. The molecule has 2 unspecified atom stereocenters. The molecule has 4 aliphatic rings. The largest absolute Gasteiger partial charge is 0.303 e. The monoisotopic (exact) mass is 302 g/mol. The molecular formula is C21H34O. The molecule has 8 atom stereocenters. The molecular weight excluding hydrogens is 268 g/mol. The highest BCUT2D eigenvalue weighted by Gasteiger charge is 2.56. The Morgan fingerprint density at radius 1 is 0.955 bits per heavy atom. The molecule has 4 fully saturated rings. The van der Waals surface area contributed by atoms with Gasteiger partial charge in [-0.15, -0.1) is 0 Å². The summed E-state index contributed by atoms with van der Waals surface area (Å²) in [5, 5.41) is 0. The number of aldehydes is 1. The van der Waals surface area contributed by atoms with Crippen molar-refractivity contribution in [3.63, 3.8) is 0 Å². The maximum absolute atomic E-state index is 11.3. The molecule has 0 bridgehead atoms. The number of carbonyl (C=O) groups excluding carboxylic acids is 1. The first-order valence-corrected chi connectivity index (χ1v) is 10.1. The van der Waals surface area contributed by atoms with Crippen LogP contribution in [0, 0.1) is 46.8 Å². The lowest BCUT2D eigenvalue weighted by molar-refractivity contribution is -0.116. The Bertz CT molecular complexity index is 430. The maximum Gasteiger partial charge on any atom is 0.123 e. The molecule has 1 nitrogen and oxygen atoms in total. The van der Waals surface area contributed by atoms with Crippen LogP contribution >= 0.6 is 0 Å². The van der Waals surface area contributed by atoms with Gasteiger partial charge in [-0.05, 0) is 98.7 Å². The number of carbonyl (C=O) groups is 1. The standard InChI is InChI=1S/C21H34O/c1-3-16-7-9-20-18-8-6-15-5-4-14(13-22)12-19(15)17(18)10-11-21(16,20)2/h13-20H,3-12H2,1-2H3/t14?,15?,16-,17-,18+,19-,20-,21+/m0/s1. The highest BCUT2D eigenvalue weighted by Crippen LogP contribution is 2.64. The predicted molar refractivity (Wildman–Crippen MR) is 90.4 cm³/mol. The van der Waals surface area contributed by atoms with E-state index in [2.05, 4.69) is 13.8 Å². The van der Waals surface area contributed by atoms with Crippen LogP contribution < -0.4 is 0 Å². The SMILES string of the molecule is CC[C@H]1CC[C@H]2[C@@H]3CCC4CCC(C=O)C[C@@H]4[C@H]3CC[C@]12C. The Morgan fingerprint density at radius 3 is 2.55 bits per heavy atom. The third-order valence-electron chi connectivity index (χ3n) is 8.88. The Morgan fingerprint density at radius 2 is 1.77 bits per heavy atom. The van der Waals surface area contributed by atoms with Gasteiger partial charge in [0.25, 0.3) is 0 Å². The normalized spacial score (nSPS) is 54.2. The second-order valence-corrected chi connectivity index (χ2v) is 9.37. The molecule has 0 aromatic rings. The van der Waals surface area contributed by atoms with Crippen molar-refractivity contribution in [2.45, 2.75) is 78.1 Å². The van der Waals surface area contributed by atoms with E-state index in [9.17, 15) is 4.79 Å². The Balaban J connectivity index is 1.56. The molecule has 0 amide bonds. The second kappa shape index (κ2) is 5.64. The first-order chi connectivity index (χ1) is 10.7. The van der Waals surface area contributed by atoms with Gasteiger partial charge in [0.15, 0.2) is 0 Å². The highest BCUT2D eigenvalue weighted by atomic mass is 16.1. The predicted octanol–water partition coefficient (Wildman–Crippen LogP) is 5.48. The third-order valence-corrected chi connectivity index (χ3v) is 8.88. The second-order valence-electron chi connectivity index (χ2n) is 9.37. The van der Waals surface area contributed by atoms with Gasteiger partial charge in [-0.3, -0.25) is 0 Å². The van der Waals surface area contributed by atoms with Gasteiger partial charge in [0.05, 0.1) is 0 Å². The van der Waals surface area contributed by atoms with Crippen LogP contribution in [0.3, 0.4) is 0 Å². The summed E-state index contributed by atoms with van der Waals surface area (Å²) < 4.78 is 0. The van der Waals surface area contributed by atoms with Crippen LogP contribution in [0.2, 0.25) is 0 Å². The molecule has 0 radical (unpaired) electrons. The Labute approximate surface area is 136 Å². The zero-order valence-electron chi connectivity index (χ0n) is 14.6. The van der Waals surface area contributed by atoms with Crippen LogP contribution in [-0.4, -0.2) is 6.29 Å². The van der Waals surface area contributed by atoms with Gasteiger partial charge in [-0.25, -0.2) is 0 Å². The minimum Gasteiger partial charge on any atom is -0.303 e. The zero-order valence-corrected chi connectivity index (χ0v) is 14.6. The minimum absolute atomic E-state index is 0.389. The zero-order chi connectivity index (χ0) is 15.3. The smallest absolute Gasteiger partial charge is 0.123 e. The van der Waals surface area contributed by atoms with E-state index in [1.54, 1.807) is 0 Å². The first-order valence-electron chi connectivity index (χ1n) is 10.1. The lowest BCUT2D eigenvalue weighted by atomic mass is 9.49. The first kappa shape index (κ1) is 15.2. The molecule has 0 heterocycles. The molecule has 0 aliphatic heterocycles. The van der Waals surface area contributed by atoms with Gasteiger partial charge in [-0.1, -0.05) is 20.3 Å². The van der Waals surface area contributed by atoms with Crippen molar-refractivity contribution in [2.24, 2.45) is 46.8 Å². The van der Waals surface area contributed by atoms with E-state index >= 15 is 0 Å². The summed E-state index contributed by atoms with van der Waals surface area (Å²) in [6.45, 7) is 5.05. The van der Waals surface area contributed by atoms with E-state index in [0.717, 1.165) is 35.5 Å². The Kier molecular flexibility index (Phi) is 3.90. The molecule has 22 heavy (non-hydrogen) atoms. The molecule has 0 aromatic carbocycles. The van der Waals surface area contributed by atoms with E-state index in [1.807, 2.05) is 0 Å². The fourth-order valence-corrected chi connectivity index (χ4v) is 7.76. The average molecular weight is 303 g/mol. The lowest BCUT2D eigenvalue weighted by Crippen LogP contribution is -2.48. The van der Waals surface area contributed by atoms with Crippen molar-refractivity contribution in [3.05, 3.63) is 0 Å². The molecule has 4 saturated carbocycles. The summed E-state index contributed by atoms with van der Waals surface area (Å²) in [6, 6.07) is 0. The summed E-state index contributed by atoms with van der Waals surface area (Å²) in [5.41, 5.74) is 0.654. The fraction of sp³-hybridized carbons (Fsp3) is 0.952. The fourth-order valence-electron chi connectivity index (χ4n) is 7.76. The van der Waals surface area contributed by atoms with Gasteiger partial charge in [0, 0.05) is 5.92 Å². The van der Waals surface area contributed by atoms with Gasteiger partial charge in [0.2, 0.25) is 0 Å². The lowest BCUT2D eigenvalue weighted by Gasteiger charge is -2.56. The summed E-state index contributed by atoms with van der Waals surface area (Å²) in [6.07, 6.45) is 15.4. The van der Waals surface area contributed by atoms with Gasteiger partial charge in [-0.2, -0.15) is 0 Å². The van der Waals surface area contributed by atoms with Crippen molar-refractivity contribution in [1.29, 1.82) is 0 Å². The van der Waals surface area contributed by atoms with Gasteiger partial charge < -0.3 is 4.79 Å². The van der Waals surface area contributed by atoms with Crippen LogP contribution in [0.15, 0.2) is 0 Å². The summed E-state index contributed by atoms with van der Waals surface area (Å²) in [4.78, 5) is 11.3. The van der Waals surface area contributed by atoms with Gasteiger partial charge >= 0.3 is 0 Å². The molecule has 1 heteroatoms. The van der Waals surface area contributed by atoms with Crippen LogP contribution in [0.4, 0.5) is 0 Å². The van der Waals surface area contributed by atoms with Crippen molar-refractivity contribution in [1.82, 2.24) is 0 Å². The maximum atomic E-state index is 11.3. The van der Waals surface area contributed by atoms with E-state index in [4.69, 9.17) is 0 Å². The van der Waals surface area contributed by atoms with Crippen molar-refractivity contribution in [3.8, 4) is 0 Å². The summed E-state index contributed by atoms with van der Waals surface area (Å²) >= 11 is 0. The Hall–Kier alpha value is -0.330. The highest BCUT2D eigenvalue weighted by molar-refractivity contribution is 5.53. The molecule has 124 valence electrons. The van der Waals surface area contributed by atoms with E-state index in [-0.39, 0.29) is 0 Å². The van der Waals surface area contributed by atoms with E-state index < -0.39 is 0 Å². The molecule has 0 aromatic heterocycles. The van der Waals surface area contributed by atoms with Crippen LogP contribution in [0.5, 0.6) is 0 Å². The van der Waals surface area contributed by atoms with Crippen LogP contribution in [0.25, 0.3) is 0 Å². The van der Waals surface area contributed by atoms with Crippen molar-refractivity contribution >= 4 is 6.29 Å². The van der Waals surface area contributed by atoms with E-state index in [1.165, 1.54) is 70.5 Å². The summed E-state index contributed by atoms with van der Waals surface area (Å²) in [5.74, 6) is 6.22. The third kappa shape index (κ3) is 2.13. The van der Waals surface area contributed by atoms with Crippen molar-refractivity contribution < 1.29 is 4.79 Å². The average Bonchev–Trinajstić information content (AvgIpc) is 2.90. The van der Waals surface area contributed by atoms with Crippen LogP contribution in [0.1, 0.15) is 78.1 Å². The molecule has 4 rings (SSSR count). The number of hydrogen-bond donors (Lipinski definition) is 0. The number of rotatable bonds is 2. The quantitative estimate of drug-likeness (QED) is 0.617. The van der Waals surface area contributed by atoms with Crippen molar-refractivity contribution in [2.75, 3.05) is 0 Å². The topological polar surface area (TPSA) is 17.1 Å².